The van der Waals surface area contributed by atoms with Gasteiger partial charge in [0.05, 0.1) is 5.69 Å². The van der Waals surface area contributed by atoms with Crippen molar-refractivity contribution in [2.45, 2.75) is 20.4 Å². The maximum absolute atomic E-state index is 11.7. The second kappa shape index (κ2) is 6.36. The minimum atomic E-state index is -0.788. The predicted molar refractivity (Wildman–Crippen MR) is 75.7 cm³/mol. The van der Waals surface area contributed by atoms with Gasteiger partial charge in [0.2, 0.25) is 0 Å². The van der Waals surface area contributed by atoms with E-state index in [0.717, 1.165) is 5.56 Å². The summed E-state index contributed by atoms with van der Waals surface area (Å²) in [6, 6.07) is 2.98. The van der Waals surface area contributed by atoms with Crippen LogP contribution in [0.15, 0.2) is 22.9 Å². The highest BCUT2D eigenvalue weighted by Gasteiger charge is 2.16. The number of aryl methyl sites for hydroxylation is 2. The molecule has 0 atom stereocenters. The highest BCUT2D eigenvalue weighted by molar-refractivity contribution is 6.39. The lowest BCUT2D eigenvalue weighted by atomic mass is 10.2. The Morgan fingerprint density at radius 1 is 1.33 bits per heavy atom. The first-order valence-electron chi connectivity index (χ1n) is 6.10. The normalized spacial score (nSPS) is 10.2. The Hall–Kier alpha value is -2.41. The van der Waals surface area contributed by atoms with Gasteiger partial charge in [-0.1, -0.05) is 16.8 Å². The lowest BCUT2D eigenvalue weighted by Gasteiger charge is -2.06. The van der Waals surface area contributed by atoms with Crippen LogP contribution in [0.2, 0.25) is 5.15 Å². The molecule has 0 spiro atoms. The number of amides is 2. The number of nitrogens with one attached hydrogen (secondary N) is 2. The van der Waals surface area contributed by atoms with Crippen LogP contribution in [0.4, 0.5) is 5.69 Å². The van der Waals surface area contributed by atoms with Crippen molar-refractivity contribution >= 4 is 29.1 Å². The second-order valence-corrected chi connectivity index (χ2v) is 4.69. The van der Waals surface area contributed by atoms with E-state index in [4.69, 9.17) is 16.1 Å². The summed E-state index contributed by atoms with van der Waals surface area (Å²) in [4.78, 5) is 27.2. The van der Waals surface area contributed by atoms with Crippen molar-refractivity contribution in [2.24, 2.45) is 0 Å². The van der Waals surface area contributed by atoms with Gasteiger partial charge in [0, 0.05) is 24.0 Å². The summed E-state index contributed by atoms with van der Waals surface area (Å²) in [7, 11) is 0. The molecule has 2 aromatic heterocycles. The minimum absolute atomic E-state index is 0.171. The van der Waals surface area contributed by atoms with E-state index in [1.165, 1.54) is 18.3 Å². The fraction of sp³-hybridized carbons (Fsp3) is 0.231. The zero-order chi connectivity index (χ0) is 15.4. The molecule has 0 radical (unpaired) electrons. The average Bonchev–Trinajstić information content (AvgIpc) is 2.75. The predicted octanol–water partition coefficient (Wildman–Crippen LogP) is 1.59. The van der Waals surface area contributed by atoms with Crippen molar-refractivity contribution in [3.05, 3.63) is 40.5 Å². The van der Waals surface area contributed by atoms with E-state index < -0.39 is 11.8 Å². The van der Waals surface area contributed by atoms with Crippen molar-refractivity contribution < 1.29 is 14.1 Å². The Morgan fingerprint density at radius 3 is 2.71 bits per heavy atom. The molecule has 0 aromatic carbocycles. The van der Waals surface area contributed by atoms with Crippen molar-refractivity contribution in [1.29, 1.82) is 0 Å². The number of anilines is 1. The molecule has 8 heteroatoms. The topological polar surface area (TPSA) is 97.1 Å². The van der Waals surface area contributed by atoms with Crippen LogP contribution in [0.3, 0.4) is 0 Å². The molecule has 0 fully saturated rings. The van der Waals surface area contributed by atoms with Gasteiger partial charge in [0.1, 0.15) is 10.9 Å². The summed E-state index contributed by atoms with van der Waals surface area (Å²) in [5, 5.41) is 8.92. The summed E-state index contributed by atoms with van der Waals surface area (Å²) < 4.78 is 4.97. The standard InChI is InChI=1S/C13H13ClN4O3/c1-7-10(8(2)21-18-7)6-16-12(19)13(20)17-9-3-4-15-11(14)5-9/h3-5H,6H2,1-2H3,(H,16,19)(H,15,17,20). The van der Waals surface area contributed by atoms with Crippen molar-refractivity contribution in [2.75, 3.05) is 5.32 Å². The molecule has 0 saturated carbocycles. The number of hydrogen-bond acceptors (Lipinski definition) is 5. The molecule has 2 N–H and O–H groups in total. The fourth-order valence-corrected chi connectivity index (χ4v) is 1.85. The zero-order valence-corrected chi connectivity index (χ0v) is 12.2. The summed E-state index contributed by atoms with van der Waals surface area (Å²) in [6.45, 7) is 3.67. The maximum Gasteiger partial charge on any atom is 0.313 e. The molecule has 2 amide bonds. The molecule has 0 saturated heterocycles. The molecular formula is C13H13ClN4O3. The maximum atomic E-state index is 11.7. The lowest BCUT2D eigenvalue weighted by Crippen LogP contribution is -2.35. The highest BCUT2D eigenvalue weighted by Crippen LogP contribution is 2.12. The number of pyridine rings is 1. The molecule has 0 bridgehead atoms. The van der Waals surface area contributed by atoms with Gasteiger partial charge in [-0.15, -0.1) is 0 Å². The van der Waals surface area contributed by atoms with E-state index >= 15 is 0 Å². The van der Waals surface area contributed by atoms with Gasteiger partial charge in [-0.3, -0.25) is 9.59 Å². The minimum Gasteiger partial charge on any atom is -0.361 e. The Kier molecular flexibility index (Phi) is 4.54. The Morgan fingerprint density at radius 2 is 2.10 bits per heavy atom. The monoisotopic (exact) mass is 308 g/mol. The Labute approximate surface area is 125 Å². The van der Waals surface area contributed by atoms with Gasteiger partial charge < -0.3 is 15.2 Å². The van der Waals surface area contributed by atoms with Crippen LogP contribution in [-0.2, 0) is 16.1 Å². The molecule has 21 heavy (non-hydrogen) atoms. The van der Waals surface area contributed by atoms with Crippen molar-refractivity contribution in [3.8, 4) is 0 Å². The summed E-state index contributed by atoms with van der Waals surface area (Å²) in [5.41, 5.74) is 1.82. The molecule has 2 heterocycles. The zero-order valence-electron chi connectivity index (χ0n) is 11.4. The van der Waals surface area contributed by atoms with E-state index in [-0.39, 0.29) is 11.7 Å². The second-order valence-electron chi connectivity index (χ2n) is 4.31. The van der Waals surface area contributed by atoms with Gasteiger partial charge in [-0.05, 0) is 26.0 Å². The average molecular weight is 309 g/mol. The van der Waals surface area contributed by atoms with E-state index in [9.17, 15) is 9.59 Å². The van der Waals surface area contributed by atoms with E-state index in [1.807, 2.05) is 0 Å². The van der Waals surface area contributed by atoms with Gasteiger partial charge in [-0.2, -0.15) is 0 Å². The first kappa shape index (κ1) is 15.0. The third-order valence-electron chi connectivity index (χ3n) is 2.80. The molecule has 0 unspecified atom stereocenters. The molecule has 110 valence electrons. The number of carbonyl (C=O) groups excluding carboxylic acids is 2. The first-order valence-corrected chi connectivity index (χ1v) is 6.47. The first-order chi connectivity index (χ1) is 9.97. The van der Waals surface area contributed by atoms with E-state index in [2.05, 4.69) is 20.8 Å². The molecule has 0 aliphatic rings. The molecule has 0 aliphatic heterocycles. The Balaban J connectivity index is 1.93. The van der Waals surface area contributed by atoms with Crippen LogP contribution < -0.4 is 10.6 Å². The van der Waals surface area contributed by atoms with E-state index in [1.54, 1.807) is 13.8 Å². The van der Waals surface area contributed by atoms with Gasteiger partial charge in [0.15, 0.2) is 0 Å². The SMILES string of the molecule is Cc1noc(C)c1CNC(=O)C(=O)Nc1ccnc(Cl)c1. The largest absolute Gasteiger partial charge is 0.361 e. The molecule has 7 nitrogen and oxygen atoms in total. The van der Waals surface area contributed by atoms with Gasteiger partial charge in [0.25, 0.3) is 0 Å². The van der Waals surface area contributed by atoms with E-state index in [0.29, 0.717) is 17.1 Å². The summed E-state index contributed by atoms with van der Waals surface area (Å²) >= 11 is 5.69. The van der Waals surface area contributed by atoms with Crippen LogP contribution in [-0.4, -0.2) is 22.0 Å². The molecule has 2 rings (SSSR count). The number of rotatable bonds is 3. The summed E-state index contributed by atoms with van der Waals surface area (Å²) in [6.07, 6.45) is 1.43. The smallest absolute Gasteiger partial charge is 0.313 e. The highest BCUT2D eigenvalue weighted by atomic mass is 35.5. The Bertz CT molecular complexity index is 664. The van der Waals surface area contributed by atoms with Crippen molar-refractivity contribution in [3.63, 3.8) is 0 Å². The quantitative estimate of drug-likeness (QED) is 0.663. The van der Waals surface area contributed by atoms with Crippen LogP contribution in [0, 0.1) is 13.8 Å². The number of nitrogens with zero attached hydrogens (tertiary/aromatic N) is 2. The fourth-order valence-electron chi connectivity index (χ4n) is 1.67. The van der Waals surface area contributed by atoms with Crippen LogP contribution in [0.25, 0.3) is 0 Å². The van der Waals surface area contributed by atoms with Gasteiger partial charge in [-0.25, -0.2) is 4.98 Å². The van der Waals surface area contributed by atoms with Crippen LogP contribution >= 0.6 is 11.6 Å². The third-order valence-corrected chi connectivity index (χ3v) is 3.00. The number of halogens is 1. The molecule has 2 aromatic rings. The summed E-state index contributed by atoms with van der Waals surface area (Å²) in [5.74, 6) is -0.943. The van der Waals surface area contributed by atoms with Crippen molar-refractivity contribution in [1.82, 2.24) is 15.5 Å². The number of carbonyl (C=O) groups is 2. The third kappa shape index (κ3) is 3.79. The van der Waals surface area contributed by atoms with Crippen LogP contribution in [0.1, 0.15) is 17.0 Å². The molecule has 0 aliphatic carbocycles. The lowest BCUT2D eigenvalue weighted by molar-refractivity contribution is -0.136. The van der Waals surface area contributed by atoms with Crippen LogP contribution in [0.5, 0.6) is 0 Å². The number of aromatic nitrogens is 2. The molecular weight excluding hydrogens is 296 g/mol. The number of hydrogen-bond donors (Lipinski definition) is 2. The van der Waals surface area contributed by atoms with Gasteiger partial charge >= 0.3 is 11.8 Å².